The summed E-state index contributed by atoms with van der Waals surface area (Å²) in [6.07, 6.45) is 1.06. The Morgan fingerprint density at radius 3 is 2.44 bits per heavy atom. The van der Waals surface area contributed by atoms with Crippen LogP contribution in [0.1, 0.15) is 46.0 Å². The number of nitrogens with zero attached hydrogens (tertiary/aromatic N) is 3. The molecule has 0 spiro atoms. The summed E-state index contributed by atoms with van der Waals surface area (Å²) in [5, 5.41) is 4.31. The van der Waals surface area contributed by atoms with E-state index in [1.54, 1.807) is 11.8 Å². The van der Waals surface area contributed by atoms with Gasteiger partial charge in [0.1, 0.15) is 0 Å². The Balaban J connectivity index is 1.87. The zero-order chi connectivity index (χ0) is 20.0. The van der Waals surface area contributed by atoms with E-state index in [1.165, 1.54) is 0 Å². The molecule has 0 aliphatic carbocycles. The molecule has 7 nitrogen and oxygen atoms in total. The Morgan fingerprint density at radius 1 is 1.07 bits per heavy atom. The smallest absolute Gasteiger partial charge is 0.308 e. The van der Waals surface area contributed by atoms with E-state index in [4.69, 9.17) is 9.47 Å². The molecule has 0 atom stereocenters. The molecule has 0 bridgehead atoms. The monoisotopic (exact) mass is 375 g/mol. The van der Waals surface area contributed by atoms with Gasteiger partial charge in [-0.05, 0) is 46.2 Å². The SMILES string of the molecule is COCCCn1c(C)cc(C(=O)COC(=O)CCn2nc(C)cc2C)c1C. The molecule has 0 aliphatic heterocycles. The number of aryl methyl sites for hydroxylation is 4. The van der Waals surface area contributed by atoms with Crippen molar-refractivity contribution in [3.8, 4) is 0 Å². The Morgan fingerprint density at radius 2 is 1.81 bits per heavy atom. The lowest BCUT2D eigenvalue weighted by molar-refractivity contribution is -0.142. The van der Waals surface area contributed by atoms with Crippen LogP contribution in [-0.4, -0.2) is 46.4 Å². The minimum atomic E-state index is -0.398. The van der Waals surface area contributed by atoms with Crippen molar-refractivity contribution in [2.75, 3.05) is 20.3 Å². The molecule has 0 saturated heterocycles. The van der Waals surface area contributed by atoms with Gasteiger partial charge in [-0.25, -0.2) is 0 Å². The van der Waals surface area contributed by atoms with Crippen molar-refractivity contribution in [1.82, 2.24) is 14.3 Å². The third-order valence-electron chi connectivity index (χ3n) is 4.60. The van der Waals surface area contributed by atoms with Crippen LogP contribution in [-0.2, 0) is 27.4 Å². The van der Waals surface area contributed by atoms with Crippen LogP contribution in [0.2, 0.25) is 0 Å². The van der Waals surface area contributed by atoms with Crippen LogP contribution in [0.25, 0.3) is 0 Å². The molecule has 0 fully saturated rings. The van der Waals surface area contributed by atoms with E-state index < -0.39 is 5.97 Å². The Hall–Kier alpha value is -2.41. The summed E-state index contributed by atoms with van der Waals surface area (Å²) >= 11 is 0. The van der Waals surface area contributed by atoms with E-state index in [-0.39, 0.29) is 18.8 Å². The van der Waals surface area contributed by atoms with Crippen LogP contribution in [0.5, 0.6) is 0 Å². The van der Waals surface area contributed by atoms with Gasteiger partial charge in [-0.15, -0.1) is 0 Å². The summed E-state index contributed by atoms with van der Waals surface area (Å²) in [5.74, 6) is -0.578. The van der Waals surface area contributed by atoms with E-state index in [0.717, 1.165) is 35.7 Å². The fourth-order valence-corrected chi connectivity index (χ4v) is 3.19. The molecule has 27 heavy (non-hydrogen) atoms. The molecule has 2 heterocycles. The first kappa shape index (κ1) is 20.9. The van der Waals surface area contributed by atoms with E-state index >= 15 is 0 Å². The maximum atomic E-state index is 12.5. The van der Waals surface area contributed by atoms with Crippen molar-refractivity contribution >= 4 is 11.8 Å². The zero-order valence-electron chi connectivity index (χ0n) is 16.9. The van der Waals surface area contributed by atoms with Gasteiger partial charge in [0.2, 0.25) is 5.78 Å². The van der Waals surface area contributed by atoms with Crippen LogP contribution in [0, 0.1) is 27.7 Å². The van der Waals surface area contributed by atoms with Crippen molar-refractivity contribution in [3.63, 3.8) is 0 Å². The van der Waals surface area contributed by atoms with E-state index in [9.17, 15) is 9.59 Å². The number of hydrogen-bond acceptors (Lipinski definition) is 5. The van der Waals surface area contributed by atoms with Gasteiger partial charge in [0, 0.05) is 42.9 Å². The lowest BCUT2D eigenvalue weighted by atomic mass is 10.1. The van der Waals surface area contributed by atoms with Gasteiger partial charge in [-0.1, -0.05) is 0 Å². The summed E-state index contributed by atoms with van der Waals surface area (Å²) < 4.78 is 14.1. The third-order valence-corrected chi connectivity index (χ3v) is 4.60. The van der Waals surface area contributed by atoms with Crippen molar-refractivity contribution in [2.45, 2.75) is 53.6 Å². The maximum absolute atomic E-state index is 12.5. The molecule has 148 valence electrons. The van der Waals surface area contributed by atoms with Gasteiger partial charge in [-0.2, -0.15) is 5.10 Å². The third kappa shape index (κ3) is 5.53. The normalized spacial score (nSPS) is 11.0. The molecule has 0 aromatic carbocycles. The van der Waals surface area contributed by atoms with E-state index in [1.807, 2.05) is 39.8 Å². The highest BCUT2D eigenvalue weighted by Gasteiger charge is 2.17. The van der Waals surface area contributed by atoms with Crippen LogP contribution >= 0.6 is 0 Å². The lowest BCUT2D eigenvalue weighted by Gasteiger charge is -2.09. The predicted molar refractivity (Wildman–Crippen MR) is 102 cm³/mol. The number of ether oxygens (including phenoxy) is 2. The fourth-order valence-electron chi connectivity index (χ4n) is 3.19. The number of carbonyl (C=O) groups excluding carboxylic acids is 2. The second-order valence-corrected chi connectivity index (χ2v) is 6.77. The lowest BCUT2D eigenvalue weighted by Crippen LogP contribution is -2.17. The Kier molecular flexibility index (Phi) is 7.36. The molecular formula is C20H29N3O4. The Bertz CT molecular complexity index is 804. The molecule has 0 amide bonds. The quantitative estimate of drug-likeness (QED) is 0.363. The molecule has 0 aliphatic rings. The van der Waals surface area contributed by atoms with Gasteiger partial charge >= 0.3 is 5.97 Å². The topological polar surface area (TPSA) is 75.3 Å². The minimum Gasteiger partial charge on any atom is -0.457 e. The van der Waals surface area contributed by atoms with Gasteiger partial charge in [0.25, 0.3) is 0 Å². The first-order valence-corrected chi connectivity index (χ1v) is 9.19. The fraction of sp³-hybridized carbons (Fsp3) is 0.550. The van der Waals surface area contributed by atoms with Crippen LogP contribution < -0.4 is 0 Å². The minimum absolute atomic E-state index is 0.180. The number of Topliss-reactive ketones (excluding diaryl/α,β-unsaturated/α-hetero) is 1. The standard InChI is InChI=1S/C20H29N3O4/c1-14-11-16(3)23(21-14)9-7-20(25)27-13-19(24)18-12-15(2)22(17(18)4)8-6-10-26-5/h11-12H,6-10,13H2,1-5H3. The number of aromatic nitrogens is 3. The second kappa shape index (κ2) is 9.50. The van der Waals surface area contributed by atoms with Crippen molar-refractivity contribution in [1.29, 1.82) is 0 Å². The zero-order valence-corrected chi connectivity index (χ0v) is 16.9. The summed E-state index contributed by atoms with van der Waals surface area (Å²) in [5.41, 5.74) is 4.43. The highest BCUT2D eigenvalue weighted by atomic mass is 16.5. The first-order valence-electron chi connectivity index (χ1n) is 9.19. The van der Waals surface area contributed by atoms with Crippen LogP contribution in [0.3, 0.4) is 0 Å². The van der Waals surface area contributed by atoms with Gasteiger partial charge < -0.3 is 14.0 Å². The summed E-state index contributed by atoms with van der Waals surface area (Å²) in [6, 6.07) is 3.81. The van der Waals surface area contributed by atoms with Gasteiger partial charge in [-0.3, -0.25) is 14.3 Å². The second-order valence-electron chi connectivity index (χ2n) is 6.77. The average Bonchev–Trinajstić information content (AvgIpc) is 3.10. The average molecular weight is 375 g/mol. The number of hydrogen-bond donors (Lipinski definition) is 0. The van der Waals surface area contributed by atoms with Gasteiger partial charge in [0.15, 0.2) is 6.61 Å². The molecule has 2 aromatic heterocycles. The molecule has 0 unspecified atom stereocenters. The number of methoxy groups -OCH3 is 1. The number of ketones is 1. The number of carbonyl (C=O) groups is 2. The molecule has 7 heteroatoms. The van der Waals surface area contributed by atoms with Crippen molar-refractivity contribution in [2.24, 2.45) is 0 Å². The molecule has 0 radical (unpaired) electrons. The van der Waals surface area contributed by atoms with E-state index in [2.05, 4.69) is 9.67 Å². The molecule has 2 aromatic rings. The van der Waals surface area contributed by atoms with E-state index in [0.29, 0.717) is 18.7 Å². The van der Waals surface area contributed by atoms with Crippen molar-refractivity contribution in [3.05, 3.63) is 40.5 Å². The first-order chi connectivity index (χ1) is 12.8. The Labute approximate surface area is 160 Å². The van der Waals surface area contributed by atoms with Crippen molar-refractivity contribution < 1.29 is 19.1 Å². The van der Waals surface area contributed by atoms with Crippen LogP contribution in [0.15, 0.2) is 12.1 Å². The number of rotatable bonds is 10. The molecular weight excluding hydrogens is 346 g/mol. The highest BCUT2D eigenvalue weighted by Crippen LogP contribution is 2.16. The molecule has 2 rings (SSSR count). The van der Waals surface area contributed by atoms with Crippen LogP contribution in [0.4, 0.5) is 0 Å². The largest absolute Gasteiger partial charge is 0.457 e. The maximum Gasteiger partial charge on any atom is 0.308 e. The molecule has 0 saturated carbocycles. The number of esters is 1. The highest BCUT2D eigenvalue weighted by molar-refractivity contribution is 5.99. The summed E-state index contributed by atoms with van der Waals surface area (Å²) in [6.45, 7) is 9.41. The van der Waals surface area contributed by atoms with Gasteiger partial charge in [0.05, 0.1) is 18.7 Å². The summed E-state index contributed by atoms with van der Waals surface area (Å²) in [4.78, 5) is 24.4. The molecule has 0 N–H and O–H groups in total. The summed E-state index contributed by atoms with van der Waals surface area (Å²) in [7, 11) is 1.67. The predicted octanol–water partition coefficient (Wildman–Crippen LogP) is 2.77.